The molecular weight excluding hydrogens is 390 g/mol. The van der Waals surface area contributed by atoms with Gasteiger partial charge in [0.15, 0.2) is 0 Å². The second-order valence-corrected chi connectivity index (χ2v) is 7.78. The molecule has 0 aromatic heterocycles. The molecule has 0 spiro atoms. The zero-order chi connectivity index (χ0) is 21.8. The van der Waals surface area contributed by atoms with Gasteiger partial charge in [0.05, 0.1) is 5.92 Å². The van der Waals surface area contributed by atoms with E-state index in [1.54, 1.807) is 0 Å². The van der Waals surface area contributed by atoms with Crippen LogP contribution in [0.1, 0.15) is 36.5 Å². The van der Waals surface area contributed by atoms with E-state index in [-0.39, 0.29) is 18.0 Å². The molecule has 0 saturated carbocycles. The summed E-state index contributed by atoms with van der Waals surface area (Å²) in [5.41, 5.74) is 3.35. The summed E-state index contributed by atoms with van der Waals surface area (Å²) in [7, 11) is 0. The van der Waals surface area contributed by atoms with Crippen molar-refractivity contribution in [3.63, 3.8) is 0 Å². The minimum atomic E-state index is -0.429. The maximum atomic E-state index is 13.2. The molecule has 0 bridgehead atoms. The molecule has 6 heteroatoms. The summed E-state index contributed by atoms with van der Waals surface area (Å²) in [6.45, 7) is 4.19. The van der Waals surface area contributed by atoms with Crippen molar-refractivity contribution in [2.75, 3.05) is 5.32 Å². The van der Waals surface area contributed by atoms with Crippen molar-refractivity contribution in [3.8, 4) is 11.5 Å². The molecule has 3 amide bonds. The van der Waals surface area contributed by atoms with Crippen LogP contribution in [0.15, 0.2) is 72.8 Å². The third-order valence-electron chi connectivity index (χ3n) is 5.04. The number of carbonyl (C=O) groups excluding carboxylic acids is 2. The molecule has 31 heavy (non-hydrogen) atoms. The van der Waals surface area contributed by atoms with E-state index in [1.165, 1.54) is 0 Å². The first-order chi connectivity index (χ1) is 15.0. The molecule has 0 aliphatic carbocycles. The quantitative estimate of drug-likeness (QED) is 0.562. The van der Waals surface area contributed by atoms with Crippen LogP contribution in [0.5, 0.6) is 11.5 Å². The Morgan fingerprint density at radius 3 is 2.03 bits per heavy atom. The van der Waals surface area contributed by atoms with E-state index in [0.717, 1.165) is 16.7 Å². The summed E-state index contributed by atoms with van der Waals surface area (Å²) in [4.78, 5) is 25.0. The Hall–Kier alpha value is -3.80. The van der Waals surface area contributed by atoms with Gasteiger partial charge in [0.2, 0.25) is 5.91 Å². The van der Waals surface area contributed by atoms with Gasteiger partial charge in [-0.15, -0.1) is 0 Å². The maximum Gasteiger partial charge on any atom is 0.319 e. The lowest BCUT2D eigenvalue weighted by Gasteiger charge is -2.27. The van der Waals surface area contributed by atoms with Gasteiger partial charge in [0.25, 0.3) is 0 Å². The van der Waals surface area contributed by atoms with Crippen LogP contribution in [0, 0.1) is 0 Å². The predicted octanol–water partition coefficient (Wildman–Crippen LogP) is 4.77. The Labute approximate surface area is 181 Å². The summed E-state index contributed by atoms with van der Waals surface area (Å²) >= 11 is 0. The Balaban J connectivity index is 1.44. The number of urea groups is 1. The number of benzene rings is 3. The van der Waals surface area contributed by atoms with E-state index in [2.05, 4.69) is 16.0 Å². The van der Waals surface area contributed by atoms with Gasteiger partial charge in [0, 0.05) is 29.4 Å². The normalized spacial score (nSPS) is 12.4. The lowest BCUT2D eigenvalue weighted by Crippen LogP contribution is -2.34. The molecule has 6 nitrogen and oxygen atoms in total. The molecule has 3 aromatic carbocycles. The van der Waals surface area contributed by atoms with Gasteiger partial charge in [-0.25, -0.2) is 4.79 Å². The maximum absolute atomic E-state index is 13.2. The van der Waals surface area contributed by atoms with Crippen LogP contribution in [0.4, 0.5) is 10.5 Å². The van der Waals surface area contributed by atoms with E-state index in [0.29, 0.717) is 23.7 Å². The van der Waals surface area contributed by atoms with E-state index in [1.807, 2.05) is 86.6 Å². The lowest BCUT2D eigenvalue weighted by atomic mass is 9.87. The topological polar surface area (TPSA) is 79.5 Å². The molecule has 3 aromatic rings. The molecular formula is C25H25N3O3. The number of ether oxygens (including phenoxy) is 1. The van der Waals surface area contributed by atoms with Crippen LogP contribution in [0.3, 0.4) is 0 Å². The van der Waals surface area contributed by atoms with Crippen molar-refractivity contribution >= 4 is 17.6 Å². The highest BCUT2D eigenvalue weighted by Gasteiger charge is 2.32. The number of fused-ring (bicyclic) bond motifs is 2. The van der Waals surface area contributed by atoms with E-state index < -0.39 is 5.92 Å². The van der Waals surface area contributed by atoms with Gasteiger partial charge >= 0.3 is 6.03 Å². The average Bonchev–Trinajstić information content (AvgIpc) is 2.76. The minimum absolute atomic E-state index is 0.0648. The summed E-state index contributed by atoms with van der Waals surface area (Å²) in [6, 6.07) is 22.5. The fourth-order valence-corrected chi connectivity index (χ4v) is 3.62. The van der Waals surface area contributed by atoms with Crippen molar-refractivity contribution < 1.29 is 14.3 Å². The zero-order valence-corrected chi connectivity index (χ0v) is 17.5. The Morgan fingerprint density at radius 1 is 0.871 bits per heavy atom. The molecule has 0 fully saturated rings. The van der Waals surface area contributed by atoms with Crippen molar-refractivity contribution in [2.45, 2.75) is 32.4 Å². The van der Waals surface area contributed by atoms with Gasteiger partial charge in [-0.05, 0) is 43.7 Å². The van der Waals surface area contributed by atoms with E-state index >= 15 is 0 Å². The van der Waals surface area contributed by atoms with Crippen LogP contribution >= 0.6 is 0 Å². The Morgan fingerprint density at radius 2 is 1.45 bits per heavy atom. The largest absolute Gasteiger partial charge is 0.457 e. The van der Waals surface area contributed by atoms with Crippen LogP contribution in [-0.4, -0.2) is 18.0 Å². The fraction of sp³-hybridized carbons (Fsp3) is 0.200. The number of nitrogens with one attached hydrogen (secondary N) is 3. The lowest BCUT2D eigenvalue weighted by molar-refractivity contribution is -0.122. The van der Waals surface area contributed by atoms with Gasteiger partial charge in [-0.1, -0.05) is 48.5 Å². The van der Waals surface area contributed by atoms with Crippen molar-refractivity contribution in [1.82, 2.24) is 10.6 Å². The van der Waals surface area contributed by atoms with Gasteiger partial charge < -0.3 is 20.7 Å². The van der Waals surface area contributed by atoms with Crippen LogP contribution in [0.2, 0.25) is 0 Å². The molecule has 4 rings (SSSR count). The second-order valence-electron chi connectivity index (χ2n) is 7.78. The fourth-order valence-electron chi connectivity index (χ4n) is 3.62. The number of carbonyl (C=O) groups is 2. The Kier molecular flexibility index (Phi) is 5.89. The molecule has 1 aliphatic rings. The smallest absolute Gasteiger partial charge is 0.319 e. The first kappa shape index (κ1) is 20.5. The zero-order valence-electron chi connectivity index (χ0n) is 17.5. The van der Waals surface area contributed by atoms with E-state index in [4.69, 9.17) is 4.74 Å². The third kappa shape index (κ3) is 4.69. The number of anilines is 1. The number of amides is 3. The standard InChI is InChI=1S/C25H25N3O3/c1-16(2)27-25(30)28-18-13-11-17(12-14-18)15-26-24(29)23-19-7-3-5-9-21(19)31-22-10-6-4-8-20(22)23/h3-14,16,23H,15H2,1-2H3,(H,26,29)(H2,27,28,30). The predicted molar refractivity (Wildman–Crippen MR) is 120 cm³/mol. The first-order valence-corrected chi connectivity index (χ1v) is 10.3. The highest BCUT2D eigenvalue weighted by molar-refractivity contribution is 5.90. The minimum Gasteiger partial charge on any atom is -0.457 e. The number of para-hydroxylation sites is 2. The van der Waals surface area contributed by atoms with Crippen molar-refractivity contribution in [1.29, 1.82) is 0 Å². The molecule has 0 atom stereocenters. The van der Waals surface area contributed by atoms with Gasteiger partial charge in [0.1, 0.15) is 11.5 Å². The van der Waals surface area contributed by atoms with E-state index in [9.17, 15) is 9.59 Å². The summed E-state index contributed by atoms with van der Waals surface area (Å²) < 4.78 is 5.97. The van der Waals surface area contributed by atoms with Crippen molar-refractivity contribution in [2.24, 2.45) is 0 Å². The summed E-state index contributed by atoms with van der Waals surface area (Å²) in [5, 5.41) is 8.61. The SMILES string of the molecule is CC(C)NC(=O)Nc1ccc(CNC(=O)C2c3ccccc3Oc3ccccc32)cc1. The molecule has 1 aliphatic heterocycles. The second kappa shape index (κ2) is 8.92. The highest BCUT2D eigenvalue weighted by atomic mass is 16.5. The van der Waals surface area contributed by atoms with Crippen molar-refractivity contribution in [3.05, 3.63) is 89.5 Å². The monoisotopic (exact) mass is 415 g/mol. The number of hydrogen-bond donors (Lipinski definition) is 3. The molecule has 0 radical (unpaired) electrons. The van der Waals surface area contributed by atoms with Crippen LogP contribution in [-0.2, 0) is 11.3 Å². The molecule has 0 unspecified atom stereocenters. The van der Waals surface area contributed by atoms with Crippen LogP contribution < -0.4 is 20.7 Å². The summed E-state index contributed by atoms with van der Waals surface area (Å²) in [6.07, 6.45) is 0. The molecule has 3 N–H and O–H groups in total. The average molecular weight is 415 g/mol. The molecule has 1 heterocycles. The highest BCUT2D eigenvalue weighted by Crippen LogP contribution is 2.43. The number of rotatable bonds is 5. The van der Waals surface area contributed by atoms with Gasteiger partial charge in [-0.3, -0.25) is 4.79 Å². The number of hydrogen-bond acceptors (Lipinski definition) is 3. The third-order valence-corrected chi connectivity index (χ3v) is 5.04. The van der Waals surface area contributed by atoms with Gasteiger partial charge in [-0.2, -0.15) is 0 Å². The van der Waals surface area contributed by atoms with Crippen LogP contribution in [0.25, 0.3) is 0 Å². The molecule has 0 saturated heterocycles. The first-order valence-electron chi connectivity index (χ1n) is 10.3. The summed E-state index contributed by atoms with van der Waals surface area (Å²) in [5.74, 6) is 0.899. The molecule has 158 valence electrons. The Bertz CT molecular complexity index is 1050.